The van der Waals surface area contributed by atoms with Crippen LogP contribution in [0, 0.1) is 0 Å². The Bertz CT molecular complexity index is 444. The highest BCUT2D eigenvalue weighted by molar-refractivity contribution is 5.89. The fourth-order valence-electron chi connectivity index (χ4n) is 1.65. The van der Waals surface area contributed by atoms with E-state index < -0.39 is 0 Å². The Kier molecular flexibility index (Phi) is 2.41. The molecule has 3 nitrogen and oxygen atoms in total. The minimum absolute atomic E-state index is 0.113. The number of rotatable bonds is 0. The molecule has 1 heterocycles. The van der Waals surface area contributed by atoms with Crippen LogP contribution in [0.2, 0.25) is 0 Å². The van der Waals surface area contributed by atoms with E-state index in [2.05, 4.69) is 31.8 Å². The van der Waals surface area contributed by atoms with Crippen LogP contribution in [0.15, 0.2) is 23.2 Å². The molecule has 1 aliphatic heterocycles. The predicted molar refractivity (Wildman–Crippen MR) is 66.5 cm³/mol. The molecule has 1 aromatic carbocycles. The van der Waals surface area contributed by atoms with Crippen LogP contribution >= 0.6 is 0 Å². The van der Waals surface area contributed by atoms with E-state index in [0.717, 1.165) is 11.4 Å². The molecule has 0 bridgehead atoms. The van der Waals surface area contributed by atoms with Gasteiger partial charge < -0.3 is 10.5 Å². The molecule has 0 aliphatic carbocycles. The van der Waals surface area contributed by atoms with E-state index in [1.807, 2.05) is 19.1 Å². The van der Waals surface area contributed by atoms with E-state index in [-0.39, 0.29) is 11.5 Å². The van der Waals surface area contributed by atoms with Gasteiger partial charge in [0.2, 0.25) is 0 Å². The zero-order valence-electron chi connectivity index (χ0n) is 10.2. The zero-order valence-corrected chi connectivity index (χ0v) is 10.2. The standard InChI is InChI=1S/C13H18N2O/c1-8-12(14)15-10-7-9(13(2,3)4)5-6-11(10)16-8/h5-8H,1-4H3,(H2,14,15). The van der Waals surface area contributed by atoms with Gasteiger partial charge in [-0.05, 0) is 30.0 Å². The van der Waals surface area contributed by atoms with Crippen molar-refractivity contribution in [3.63, 3.8) is 0 Å². The van der Waals surface area contributed by atoms with Crippen molar-refractivity contribution in [1.82, 2.24) is 0 Å². The highest BCUT2D eigenvalue weighted by atomic mass is 16.5. The fraction of sp³-hybridized carbons (Fsp3) is 0.462. The molecule has 0 spiro atoms. The fourth-order valence-corrected chi connectivity index (χ4v) is 1.65. The maximum absolute atomic E-state index is 5.78. The van der Waals surface area contributed by atoms with E-state index in [9.17, 15) is 0 Å². The molecule has 2 rings (SSSR count). The van der Waals surface area contributed by atoms with E-state index in [0.29, 0.717) is 5.84 Å². The number of nitrogens with two attached hydrogens (primary N) is 1. The lowest BCUT2D eigenvalue weighted by atomic mass is 9.87. The van der Waals surface area contributed by atoms with Crippen molar-refractivity contribution in [2.75, 3.05) is 0 Å². The van der Waals surface area contributed by atoms with Crippen molar-refractivity contribution in [1.29, 1.82) is 0 Å². The Labute approximate surface area is 96.3 Å². The number of hydrogen-bond acceptors (Lipinski definition) is 3. The summed E-state index contributed by atoms with van der Waals surface area (Å²) in [7, 11) is 0. The summed E-state index contributed by atoms with van der Waals surface area (Å²) in [5, 5.41) is 0. The lowest BCUT2D eigenvalue weighted by Crippen LogP contribution is -2.33. The number of fused-ring (bicyclic) bond motifs is 1. The number of nitrogens with zero attached hydrogens (tertiary/aromatic N) is 1. The molecular weight excluding hydrogens is 200 g/mol. The van der Waals surface area contributed by atoms with Gasteiger partial charge in [-0.25, -0.2) is 4.99 Å². The lowest BCUT2D eigenvalue weighted by Gasteiger charge is -2.24. The number of ether oxygens (including phenoxy) is 1. The number of hydrogen-bond donors (Lipinski definition) is 1. The summed E-state index contributed by atoms with van der Waals surface area (Å²) in [6, 6.07) is 6.11. The van der Waals surface area contributed by atoms with Crippen LogP contribution < -0.4 is 10.5 Å². The number of aliphatic imine (C=N–C) groups is 1. The highest BCUT2D eigenvalue weighted by Gasteiger charge is 2.21. The summed E-state index contributed by atoms with van der Waals surface area (Å²) in [5.74, 6) is 1.35. The van der Waals surface area contributed by atoms with Gasteiger partial charge in [0.05, 0.1) is 0 Å². The van der Waals surface area contributed by atoms with Crippen molar-refractivity contribution in [3.8, 4) is 5.75 Å². The molecule has 86 valence electrons. The smallest absolute Gasteiger partial charge is 0.153 e. The molecule has 2 N–H and O–H groups in total. The van der Waals surface area contributed by atoms with E-state index >= 15 is 0 Å². The lowest BCUT2D eigenvalue weighted by molar-refractivity contribution is 0.281. The van der Waals surface area contributed by atoms with Crippen molar-refractivity contribution in [2.24, 2.45) is 10.7 Å². The largest absolute Gasteiger partial charge is 0.481 e. The summed E-state index contributed by atoms with van der Waals surface area (Å²) in [6.45, 7) is 8.43. The minimum atomic E-state index is -0.131. The third kappa shape index (κ3) is 1.90. The molecule has 1 unspecified atom stereocenters. The summed E-state index contributed by atoms with van der Waals surface area (Å²) in [5.41, 5.74) is 7.96. The minimum Gasteiger partial charge on any atom is -0.481 e. The summed E-state index contributed by atoms with van der Waals surface area (Å²) >= 11 is 0. The molecule has 1 aliphatic rings. The van der Waals surface area contributed by atoms with Crippen molar-refractivity contribution in [3.05, 3.63) is 23.8 Å². The van der Waals surface area contributed by atoms with Crippen LogP contribution in [0.1, 0.15) is 33.3 Å². The van der Waals surface area contributed by atoms with Crippen LogP contribution in [-0.4, -0.2) is 11.9 Å². The van der Waals surface area contributed by atoms with Crippen LogP contribution in [-0.2, 0) is 5.41 Å². The average molecular weight is 218 g/mol. The number of benzene rings is 1. The van der Waals surface area contributed by atoms with Gasteiger partial charge in [-0.1, -0.05) is 26.8 Å². The van der Waals surface area contributed by atoms with Crippen molar-refractivity contribution >= 4 is 11.5 Å². The van der Waals surface area contributed by atoms with Gasteiger partial charge in [0.1, 0.15) is 17.3 Å². The van der Waals surface area contributed by atoms with Crippen LogP contribution in [0.4, 0.5) is 5.69 Å². The second kappa shape index (κ2) is 3.51. The average Bonchev–Trinajstić information content (AvgIpc) is 2.17. The molecule has 0 saturated carbocycles. The van der Waals surface area contributed by atoms with Gasteiger partial charge in [0.15, 0.2) is 6.10 Å². The molecule has 0 aromatic heterocycles. The molecule has 1 atom stereocenters. The van der Waals surface area contributed by atoms with Gasteiger partial charge in [0.25, 0.3) is 0 Å². The highest BCUT2D eigenvalue weighted by Crippen LogP contribution is 2.36. The molecule has 3 heteroatoms. The molecule has 0 saturated heterocycles. The predicted octanol–water partition coefficient (Wildman–Crippen LogP) is 2.75. The quantitative estimate of drug-likeness (QED) is 0.727. The van der Waals surface area contributed by atoms with E-state index in [4.69, 9.17) is 10.5 Å². The van der Waals surface area contributed by atoms with Crippen LogP contribution in [0.3, 0.4) is 0 Å². The monoisotopic (exact) mass is 218 g/mol. The first kappa shape index (κ1) is 11.0. The first-order valence-electron chi connectivity index (χ1n) is 5.53. The molecule has 0 radical (unpaired) electrons. The Morgan fingerprint density at radius 3 is 2.62 bits per heavy atom. The Morgan fingerprint density at radius 1 is 1.31 bits per heavy atom. The van der Waals surface area contributed by atoms with Gasteiger partial charge in [-0.3, -0.25) is 0 Å². The SMILES string of the molecule is CC1Oc2ccc(C(C)(C)C)cc2N=C1N. The summed E-state index contributed by atoms with van der Waals surface area (Å²) < 4.78 is 5.66. The van der Waals surface area contributed by atoms with Gasteiger partial charge in [-0.2, -0.15) is 0 Å². The van der Waals surface area contributed by atoms with Gasteiger partial charge in [0, 0.05) is 0 Å². The second-order valence-corrected chi connectivity index (χ2v) is 5.23. The normalized spacial score (nSPS) is 19.8. The van der Waals surface area contributed by atoms with E-state index in [1.54, 1.807) is 0 Å². The summed E-state index contributed by atoms with van der Waals surface area (Å²) in [6.07, 6.45) is -0.131. The molecule has 16 heavy (non-hydrogen) atoms. The Morgan fingerprint density at radius 2 is 2.00 bits per heavy atom. The molecular formula is C13H18N2O. The maximum Gasteiger partial charge on any atom is 0.153 e. The van der Waals surface area contributed by atoms with Gasteiger partial charge >= 0.3 is 0 Å². The van der Waals surface area contributed by atoms with Crippen molar-refractivity contribution < 1.29 is 4.74 Å². The van der Waals surface area contributed by atoms with E-state index in [1.165, 1.54) is 5.56 Å². The van der Waals surface area contributed by atoms with Crippen LogP contribution in [0.5, 0.6) is 5.75 Å². The van der Waals surface area contributed by atoms with Gasteiger partial charge in [-0.15, -0.1) is 0 Å². The molecule has 0 amide bonds. The maximum atomic E-state index is 5.78. The third-order valence-corrected chi connectivity index (χ3v) is 2.79. The van der Waals surface area contributed by atoms with Crippen LogP contribution in [0.25, 0.3) is 0 Å². The molecule has 1 aromatic rings. The Hall–Kier alpha value is -1.51. The second-order valence-electron chi connectivity index (χ2n) is 5.23. The Balaban J connectivity index is 2.47. The first-order chi connectivity index (χ1) is 7.38. The zero-order chi connectivity index (χ0) is 11.9. The third-order valence-electron chi connectivity index (χ3n) is 2.79. The van der Waals surface area contributed by atoms with Crippen molar-refractivity contribution in [2.45, 2.75) is 39.2 Å². The first-order valence-corrected chi connectivity index (χ1v) is 5.53. The molecule has 0 fully saturated rings. The topological polar surface area (TPSA) is 47.6 Å². The summed E-state index contributed by atoms with van der Waals surface area (Å²) in [4.78, 5) is 4.37. The number of amidine groups is 1.